The van der Waals surface area contributed by atoms with Gasteiger partial charge < -0.3 is 14.8 Å². The minimum absolute atomic E-state index is 0.157. The maximum absolute atomic E-state index is 12.8. The van der Waals surface area contributed by atoms with Gasteiger partial charge >= 0.3 is 0 Å². The minimum atomic E-state index is -0.539. The van der Waals surface area contributed by atoms with Crippen LogP contribution >= 0.6 is 11.3 Å². The number of nitrogens with one attached hydrogen (secondary N) is 2. The van der Waals surface area contributed by atoms with Crippen LogP contribution in [-0.2, 0) is 4.74 Å². The summed E-state index contributed by atoms with van der Waals surface area (Å²) in [5.41, 5.74) is 1.19. The van der Waals surface area contributed by atoms with Crippen molar-refractivity contribution >= 4 is 44.0 Å². The average molecular weight is 416 g/mol. The molecule has 2 aromatic carbocycles. The lowest BCUT2D eigenvalue weighted by Gasteiger charge is -2.11. The summed E-state index contributed by atoms with van der Waals surface area (Å²) in [4.78, 5) is 27.8. The normalized spacial score (nSPS) is 10.7. The van der Waals surface area contributed by atoms with Crippen LogP contribution < -0.4 is 15.4 Å². The van der Waals surface area contributed by atoms with Crippen LogP contribution in [0.15, 0.2) is 36.4 Å². The van der Waals surface area contributed by atoms with Crippen molar-refractivity contribution in [1.82, 2.24) is 4.98 Å². The van der Waals surface area contributed by atoms with E-state index < -0.39 is 10.8 Å². The van der Waals surface area contributed by atoms with E-state index in [9.17, 15) is 14.9 Å². The third-order valence-electron chi connectivity index (χ3n) is 3.97. The molecule has 0 aliphatic carbocycles. The van der Waals surface area contributed by atoms with Gasteiger partial charge in [-0.2, -0.15) is 0 Å². The highest BCUT2D eigenvalue weighted by Crippen LogP contribution is 2.30. The Morgan fingerprint density at radius 3 is 2.83 bits per heavy atom. The highest BCUT2D eigenvalue weighted by molar-refractivity contribution is 7.22. The topological polar surface area (TPSA) is 116 Å². The van der Waals surface area contributed by atoms with Crippen LogP contribution in [0.2, 0.25) is 0 Å². The van der Waals surface area contributed by atoms with Crippen molar-refractivity contribution in [2.24, 2.45) is 0 Å². The van der Waals surface area contributed by atoms with Crippen LogP contribution in [0, 0.1) is 10.1 Å². The van der Waals surface area contributed by atoms with E-state index in [2.05, 4.69) is 15.6 Å². The fourth-order valence-electron chi connectivity index (χ4n) is 2.65. The Balaban J connectivity index is 1.85. The van der Waals surface area contributed by atoms with Crippen molar-refractivity contribution in [2.45, 2.75) is 6.92 Å². The Morgan fingerprint density at radius 1 is 1.28 bits per heavy atom. The number of rotatable bonds is 9. The molecule has 1 aromatic heterocycles. The second-order valence-corrected chi connectivity index (χ2v) is 6.97. The van der Waals surface area contributed by atoms with Crippen molar-refractivity contribution in [3.05, 3.63) is 52.1 Å². The summed E-state index contributed by atoms with van der Waals surface area (Å²) in [5.74, 6) is 0.238. The molecule has 0 radical (unpaired) electrons. The number of thiazole rings is 1. The van der Waals surface area contributed by atoms with E-state index in [1.54, 1.807) is 7.11 Å². The third-order valence-corrected chi connectivity index (χ3v) is 4.91. The van der Waals surface area contributed by atoms with Crippen molar-refractivity contribution in [3.63, 3.8) is 0 Å². The maximum Gasteiger partial charge on any atom is 0.270 e. The smallest absolute Gasteiger partial charge is 0.270 e. The fraction of sp³-hybridized carbons (Fsp3) is 0.263. The number of nitrogens with zero attached hydrogens (tertiary/aromatic N) is 2. The van der Waals surface area contributed by atoms with E-state index in [0.29, 0.717) is 30.6 Å². The van der Waals surface area contributed by atoms with E-state index in [-0.39, 0.29) is 11.3 Å². The van der Waals surface area contributed by atoms with Gasteiger partial charge in [-0.3, -0.25) is 20.2 Å². The first kappa shape index (κ1) is 20.5. The number of nitro groups is 1. The number of carbonyl (C=O) groups excluding carboxylic acids is 1. The molecule has 3 aromatic rings. The number of fused-ring (bicyclic) bond motifs is 1. The lowest BCUT2D eigenvalue weighted by molar-refractivity contribution is -0.384. The van der Waals surface area contributed by atoms with Crippen LogP contribution in [0.4, 0.5) is 16.5 Å². The molecule has 0 atom stereocenters. The predicted octanol–water partition coefficient (Wildman–Crippen LogP) is 3.91. The number of nitro benzene ring substituents is 1. The van der Waals surface area contributed by atoms with Gasteiger partial charge in [0.2, 0.25) is 0 Å². The number of hydrogen-bond acceptors (Lipinski definition) is 8. The molecule has 3 rings (SSSR count). The fourth-order valence-corrected chi connectivity index (χ4v) is 3.54. The molecule has 0 aliphatic heterocycles. The number of ether oxygens (including phenoxy) is 2. The van der Waals surface area contributed by atoms with Gasteiger partial charge in [-0.05, 0) is 31.2 Å². The molecule has 9 nitrogen and oxygen atoms in total. The molecule has 0 spiro atoms. The second kappa shape index (κ2) is 9.30. The Bertz CT molecular complexity index is 1040. The van der Waals surface area contributed by atoms with Crippen molar-refractivity contribution in [2.75, 3.05) is 37.5 Å². The Hall–Kier alpha value is -3.24. The van der Waals surface area contributed by atoms with Crippen molar-refractivity contribution < 1.29 is 19.2 Å². The molecular weight excluding hydrogens is 396 g/mol. The average Bonchev–Trinajstić information content (AvgIpc) is 3.10. The summed E-state index contributed by atoms with van der Waals surface area (Å²) in [6, 6.07) is 9.59. The zero-order chi connectivity index (χ0) is 20.8. The summed E-state index contributed by atoms with van der Waals surface area (Å²) in [7, 11) is 1.56. The first-order valence-electron chi connectivity index (χ1n) is 8.87. The molecule has 0 unspecified atom stereocenters. The number of methoxy groups -OCH3 is 1. The lowest BCUT2D eigenvalue weighted by Crippen LogP contribution is -2.16. The van der Waals surface area contributed by atoms with Crippen molar-refractivity contribution in [3.8, 4) is 5.75 Å². The van der Waals surface area contributed by atoms with E-state index in [4.69, 9.17) is 9.47 Å². The molecule has 0 aliphatic rings. The van der Waals surface area contributed by atoms with Crippen LogP contribution in [0.5, 0.6) is 5.75 Å². The summed E-state index contributed by atoms with van der Waals surface area (Å²) in [6.07, 6.45) is 0. The van der Waals surface area contributed by atoms with Gasteiger partial charge in [0, 0.05) is 31.5 Å². The number of non-ortho nitro benzene ring substituents is 1. The second-order valence-electron chi connectivity index (χ2n) is 5.94. The SMILES string of the molecule is CCOc1ccc2nc(NC(=O)c3cc([N+](=O)[O-])ccc3NCCOC)sc2c1. The molecule has 1 heterocycles. The van der Waals surface area contributed by atoms with Crippen molar-refractivity contribution in [1.29, 1.82) is 0 Å². The summed E-state index contributed by atoms with van der Waals surface area (Å²) < 4.78 is 11.3. The monoisotopic (exact) mass is 416 g/mol. The van der Waals surface area contributed by atoms with E-state index in [1.165, 1.54) is 29.5 Å². The van der Waals surface area contributed by atoms with Gasteiger partial charge in [0.25, 0.3) is 11.6 Å². The molecule has 0 saturated heterocycles. The molecule has 29 heavy (non-hydrogen) atoms. The van der Waals surface area contributed by atoms with Gasteiger partial charge in [0.05, 0.1) is 33.9 Å². The predicted molar refractivity (Wildman–Crippen MR) is 112 cm³/mol. The lowest BCUT2D eigenvalue weighted by atomic mass is 10.1. The molecule has 0 bridgehead atoms. The number of hydrogen-bond donors (Lipinski definition) is 2. The Morgan fingerprint density at radius 2 is 2.10 bits per heavy atom. The third kappa shape index (κ3) is 4.98. The molecule has 152 valence electrons. The van der Waals surface area contributed by atoms with Gasteiger partial charge in [0.1, 0.15) is 5.75 Å². The number of amides is 1. The molecule has 1 amide bonds. The van der Waals surface area contributed by atoms with Gasteiger partial charge in [-0.15, -0.1) is 0 Å². The number of aromatic nitrogens is 1. The highest BCUT2D eigenvalue weighted by atomic mass is 32.1. The number of benzene rings is 2. The Labute approximate surface area is 170 Å². The molecule has 0 saturated carbocycles. The van der Waals surface area contributed by atoms with Crippen LogP contribution in [0.3, 0.4) is 0 Å². The summed E-state index contributed by atoms with van der Waals surface area (Å²) in [6.45, 7) is 3.34. The molecule has 2 N–H and O–H groups in total. The molecular formula is C19H20N4O5S. The quantitative estimate of drug-likeness (QED) is 0.309. The number of anilines is 2. The van der Waals surface area contributed by atoms with Gasteiger partial charge in [0.15, 0.2) is 5.13 Å². The van der Waals surface area contributed by atoms with Crippen LogP contribution in [0.25, 0.3) is 10.2 Å². The zero-order valence-corrected chi connectivity index (χ0v) is 16.7. The van der Waals surface area contributed by atoms with E-state index >= 15 is 0 Å². The maximum atomic E-state index is 12.8. The van der Waals surface area contributed by atoms with Crippen LogP contribution in [0.1, 0.15) is 17.3 Å². The largest absolute Gasteiger partial charge is 0.494 e. The van der Waals surface area contributed by atoms with Crippen LogP contribution in [-0.4, -0.2) is 42.7 Å². The first-order valence-corrected chi connectivity index (χ1v) is 9.69. The van der Waals surface area contributed by atoms with E-state index in [1.807, 2.05) is 25.1 Å². The molecule has 0 fully saturated rings. The van der Waals surface area contributed by atoms with Gasteiger partial charge in [-0.1, -0.05) is 11.3 Å². The zero-order valence-electron chi connectivity index (χ0n) is 15.9. The highest BCUT2D eigenvalue weighted by Gasteiger charge is 2.18. The standard InChI is InChI=1S/C19H20N4O5S/c1-3-28-13-5-7-16-17(11-13)29-19(21-16)22-18(24)14-10-12(23(25)26)4-6-15(14)20-8-9-27-2/h4-7,10-11,20H,3,8-9H2,1-2H3,(H,21,22,24). The summed E-state index contributed by atoms with van der Waals surface area (Å²) >= 11 is 1.30. The van der Waals surface area contributed by atoms with Gasteiger partial charge in [-0.25, -0.2) is 4.98 Å². The minimum Gasteiger partial charge on any atom is -0.494 e. The first-order chi connectivity index (χ1) is 14.0. The van der Waals surface area contributed by atoms with E-state index in [0.717, 1.165) is 16.0 Å². The number of carbonyl (C=O) groups is 1. The molecule has 10 heteroatoms. The Kier molecular flexibility index (Phi) is 6.57. The summed E-state index contributed by atoms with van der Waals surface area (Å²) in [5, 5.41) is 17.3.